The summed E-state index contributed by atoms with van der Waals surface area (Å²) in [6, 6.07) is 22.8. The molecular formula is C25H29N3OS. The van der Waals surface area contributed by atoms with Crippen LogP contribution in [0.15, 0.2) is 72.1 Å². The summed E-state index contributed by atoms with van der Waals surface area (Å²) in [6.45, 7) is 7.45. The van der Waals surface area contributed by atoms with E-state index in [1.165, 1.54) is 11.1 Å². The molecular weight excluding hydrogens is 390 g/mol. The smallest absolute Gasteiger partial charge is 0.234 e. The van der Waals surface area contributed by atoms with E-state index < -0.39 is 0 Å². The number of hydrogen-bond donors (Lipinski definition) is 1. The number of nitrogens with zero attached hydrogens (tertiary/aromatic N) is 2. The third kappa shape index (κ3) is 5.36. The number of benzene rings is 2. The zero-order chi connectivity index (χ0) is 20.8. The van der Waals surface area contributed by atoms with Crippen LogP contribution in [0.2, 0.25) is 0 Å². The Kier molecular flexibility index (Phi) is 6.95. The third-order valence-electron chi connectivity index (χ3n) is 5.75. The Bertz CT molecular complexity index is 934. The molecule has 1 saturated heterocycles. The highest BCUT2D eigenvalue weighted by Crippen LogP contribution is 2.25. The molecule has 4 rings (SSSR count). The summed E-state index contributed by atoms with van der Waals surface area (Å²) in [4.78, 5) is 18.8. The first kappa shape index (κ1) is 20.8. The highest BCUT2D eigenvalue weighted by atomic mass is 32.1. The van der Waals surface area contributed by atoms with Crippen molar-refractivity contribution in [2.75, 3.05) is 32.7 Å². The molecule has 156 valence electrons. The van der Waals surface area contributed by atoms with Crippen LogP contribution in [0.3, 0.4) is 0 Å². The van der Waals surface area contributed by atoms with Crippen LogP contribution in [0.4, 0.5) is 0 Å². The van der Waals surface area contributed by atoms with Crippen molar-refractivity contribution in [1.82, 2.24) is 15.1 Å². The molecule has 1 N–H and O–H groups in total. The molecule has 1 aliphatic rings. The summed E-state index contributed by atoms with van der Waals surface area (Å²) < 4.78 is 0. The van der Waals surface area contributed by atoms with Gasteiger partial charge in [0, 0.05) is 37.6 Å². The predicted octanol–water partition coefficient (Wildman–Crippen LogP) is 4.08. The summed E-state index contributed by atoms with van der Waals surface area (Å²) in [5.41, 5.74) is 3.86. The molecule has 1 aliphatic heterocycles. The van der Waals surface area contributed by atoms with Crippen LogP contribution in [0.25, 0.3) is 0 Å². The second-order valence-corrected chi connectivity index (χ2v) is 8.88. The predicted molar refractivity (Wildman–Crippen MR) is 124 cm³/mol. The molecule has 30 heavy (non-hydrogen) atoms. The van der Waals surface area contributed by atoms with Crippen LogP contribution in [-0.2, 0) is 11.3 Å². The van der Waals surface area contributed by atoms with Gasteiger partial charge in [0.15, 0.2) is 0 Å². The summed E-state index contributed by atoms with van der Waals surface area (Å²) in [6.07, 6.45) is 0. The Balaban J connectivity index is 1.30. The molecule has 3 aromatic rings. The maximum absolute atomic E-state index is 12.8. The fourth-order valence-corrected chi connectivity index (χ4v) is 4.77. The molecule has 1 fully saturated rings. The van der Waals surface area contributed by atoms with Crippen LogP contribution in [-0.4, -0.2) is 48.4 Å². The maximum Gasteiger partial charge on any atom is 0.234 e. The largest absolute Gasteiger partial charge is 0.343 e. The highest BCUT2D eigenvalue weighted by molar-refractivity contribution is 7.10. The Morgan fingerprint density at radius 2 is 1.63 bits per heavy atom. The molecule has 0 saturated carbocycles. The first-order valence-electron chi connectivity index (χ1n) is 10.6. The molecule has 5 heteroatoms. The summed E-state index contributed by atoms with van der Waals surface area (Å²) in [7, 11) is 0. The van der Waals surface area contributed by atoms with Gasteiger partial charge in [0.1, 0.15) is 0 Å². The lowest BCUT2D eigenvalue weighted by Gasteiger charge is -2.34. The molecule has 1 amide bonds. The minimum Gasteiger partial charge on any atom is -0.343 e. The van der Waals surface area contributed by atoms with Crippen LogP contribution in [0.5, 0.6) is 0 Å². The second-order valence-electron chi connectivity index (χ2n) is 7.91. The fraction of sp³-hybridized carbons (Fsp3) is 0.320. The monoisotopic (exact) mass is 419 g/mol. The molecule has 2 heterocycles. The first-order chi connectivity index (χ1) is 14.7. The minimum absolute atomic E-state index is 0.0824. The molecule has 0 unspecified atom stereocenters. The van der Waals surface area contributed by atoms with Crippen molar-refractivity contribution in [1.29, 1.82) is 0 Å². The number of carbonyl (C=O) groups is 1. The number of carbonyl (C=O) groups excluding carboxylic acids is 1. The molecule has 0 aliphatic carbocycles. The Morgan fingerprint density at radius 1 is 0.933 bits per heavy atom. The van der Waals surface area contributed by atoms with Crippen molar-refractivity contribution < 1.29 is 4.79 Å². The van der Waals surface area contributed by atoms with E-state index in [0.717, 1.165) is 43.2 Å². The average molecular weight is 420 g/mol. The standard InChI is InChI=1S/C25H29N3OS/c1-20-8-5-6-11-22(20)18-27-13-15-28(16-14-27)19-24(29)26-25(23-12-7-17-30-23)21-9-3-2-4-10-21/h2-12,17,25H,13-16,18-19H2,1H3,(H,26,29)/t25-/m0/s1. The van der Waals surface area contributed by atoms with E-state index in [4.69, 9.17) is 0 Å². The summed E-state index contributed by atoms with van der Waals surface area (Å²) in [5.74, 6) is 0.0876. The molecule has 1 aromatic heterocycles. The summed E-state index contributed by atoms with van der Waals surface area (Å²) >= 11 is 1.68. The first-order valence-corrected chi connectivity index (χ1v) is 11.4. The number of thiophene rings is 1. The number of piperazine rings is 1. The zero-order valence-electron chi connectivity index (χ0n) is 17.5. The minimum atomic E-state index is -0.0824. The highest BCUT2D eigenvalue weighted by Gasteiger charge is 2.22. The van der Waals surface area contributed by atoms with Crippen LogP contribution in [0.1, 0.15) is 27.6 Å². The number of amides is 1. The van der Waals surface area contributed by atoms with E-state index in [1.54, 1.807) is 11.3 Å². The van der Waals surface area contributed by atoms with Crippen molar-refractivity contribution in [2.45, 2.75) is 19.5 Å². The molecule has 1 atom stereocenters. The van der Waals surface area contributed by atoms with E-state index in [-0.39, 0.29) is 11.9 Å². The number of hydrogen-bond acceptors (Lipinski definition) is 4. The molecule has 0 spiro atoms. The van der Waals surface area contributed by atoms with Crippen molar-refractivity contribution in [3.63, 3.8) is 0 Å². The van der Waals surface area contributed by atoms with Gasteiger partial charge < -0.3 is 5.32 Å². The van der Waals surface area contributed by atoms with Gasteiger partial charge in [-0.05, 0) is 35.1 Å². The van der Waals surface area contributed by atoms with Crippen molar-refractivity contribution in [2.24, 2.45) is 0 Å². The fourth-order valence-electron chi connectivity index (χ4n) is 3.96. The Labute approximate surface area is 183 Å². The SMILES string of the molecule is Cc1ccccc1CN1CCN(CC(=O)N[C@@H](c2ccccc2)c2cccs2)CC1. The van der Waals surface area contributed by atoms with Gasteiger partial charge in [-0.1, -0.05) is 60.7 Å². The van der Waals surface area contributed by atoms with Gasteiger partial charge in [-0.3, -0.25) is 14.6 Å². The van der Waals surface area contributed by atoms with Crippen LogP contribution >= 0.6 is 11.3 Å². The average Bonchev–Trinajstić information content (AvgIpc) is 3.30. The Morgan fingerprint density at radius 3 is 2.33 bits per heavy atom. The number of rotatable bonds is 7. The lowest BCUT2D eigenvalue weighted by atomic mass is 10.1. The number of aryl methyl sites for hydroxylation is 1. The molecule has 2 aromatic carbocycles. The number of nitrogens with one attached hydrogen (secondary N) is 1. The van der Waals surface area contributed by atoms with E-state index in [1.807, 2.05) is 24.3 Å². The van der Waals surface area contributed by atoms with Gasteiger partial charge >= 0.3 is 0 Å². The van der Waals surface area contributed by atoms with Gasteiger partial charge in [0.05, 0.1) is 12.6 Å². The van der Waals surface area contributed by atoms with E-state index in [9.17, 15) is 4.79 Å². The van der Waals surface area contributed by atoms with Crippen molar-refractivity contribution in [3.8, 4) is 0 Å². The van der Waals surface area contributed by atoms with Gasteiger partial charge in [-0.25, -0.2) is 0 Å². The normalized spacial score (nSPS) is 16.3. The van der Waals surface area contributed by atoms with Gasteiger partial charge in [-0.2, -0.15) is 0 Å². The van der Waals surface area contributed by atoms with Gasteiger partial charge in [0.2, 0.25) is 5.91 Å². The van der Waals surface area contributed by atoms with Gasteiger partial charge in [0.25, 0.3) is 0 Å². The summed E-state index contributed by atoms with van der Waals surface area (Å²) in [5, 5.41) is 5.32. The second kappa shape index (κ2) is 10.0. The van der Waals surface area contributed by atoms with E-state index >= 15 is 0 Å². The topological polar surface area (TPSA) is 35.6 Å². The lowest BCUT2D eigenvalue weighted by Crippen LogP contribution is -2.49. The van der Waals surface area contributed by atoms with E-state index in [2.05, 4.69) is 69.9 Å². The molecule has 0 bridgehead atoms. The molecule has 4 nitrogen and oxygen atoms in total. The maximum atomic E-state index is 12.8. The van der Waals surface area contributed by atoms with Crippen LogP contribution in [0, 0.1) is 6.92 Å². The van der Waals surface area contributed by atoms with Crippen molar-refractivity contribution in [3.05, 3.63) is 93.7 Å². The van der Waals surface area contributed by atoms with Crippen LogP contribution < -0.4 is 5.32 Å². The van der Waals surface area contributed by atoms with Gasteiger partial charge in [-0.15, -0.1) is 11.3 Å². The lowest BCUT2D eigenvalue weighted by molar-refractivity contribution is -0.123. The third-order valence-corrected chi connectivity index (χ3v) is 6.69. The van der Waals surface area contributed by atoms with E-state index in [0.29, 0.717) is 6.54 Å². The van der Waals surface area contributed by atoms with Crippen molar-refractivity contribution >= 4 is 17.2 Å². The quantitative estimate of drug-likeness (QED) is 0.627. The molecule has 0 radical (unpaired) electrons. The zero-order valence-corrected chi connectivity index (χ0v) is 18.3. The Hall–Kier alpha value is -2.47.